The Morgan fingerprint density at radius 1 is 0.943 bits per heavy atom. The molecule has 0 saturated carbocycles. The molecule has 0 amide bonds. The third kappa shape index (κ3) is 8.45. The molecule has 1 heterocycles. The summed E-state index contributed by atoms with van der Waals surface area (Å²) in [7, 11) is 0. The third-order valence-corrected chi connectivity index (χ3v) is 5.32. The first-order valence-electron chi connectivity index (χ1n) is 11.4. The van der Waals surface area contributed by atoms with Gasteiger partial charge in [0.1, 0.15) is 24.7 Å². The number of hydrogen-bond donors (Lipinski definition) is 1. The van der Waals surface area contributed by atoms with Crippen molar-refractivity contribution in [3.63, 3.8) is 0 Å². The van der Waals surface area contributed by atoms with Crippen molar-refractivity contribution in [2.75, 3.05) is 12.5 Å². The predicted molar refractivity (Wildman–Crippen MR) is 126 cm³/mol. The molecule has 35 heavy (non-hydrogen) atoms. The van der Waals surface area contributed by atoms with Crippen molar-refractivity contribution in [2.24, 2.45) is 10.8 Å². The molecular weight excluding hydrogens is 480 g/mol. The summed E-state index contributed by atoms with van der Waals surface area (Å²) in [6.45, 7) is 9.75. The van der Waals surface area contributed by atoms with Gasteiger partial charge < -0.3 is 28.8 Å². The van der Waals surface area contributed by atoms with Crippen LogP contribution in [0.3, 0.4) is 0 Å². The minimum absolute atomic E-state index is 0.0744. The number of rotatable bonds is 8. The number of carbonyl (C=O) groups excluding carboxylic acids is 3. The molecule has 1 aliphatic heterocycles. The molecule has 5 atom stereocenters. The van der Waals surface area contributed by atoms with E-state index in [0.29, 0.717) is 0 Å². The molecule has 0 aliphatic carbocycles. The maximum absolute atomic E-state index is 12.7. The predicted octanol–water partition coefficient (Wildman–Crippen LogP) is 2.99. The summed E-state index contributed by atoms with van der Waals surface area (Å²) in [4.78, 5) is 37.1. The molecule has 1 aromatic rings. The Morgan fingerprint density at radius 2 is 1.54 bits per heavy atom. The van der Waals surface area contributed by atoms with Crippen LogP contribution in [-0.4, -0.2) is 66.2 Å². The molecule has 10 heteroatoms. The lowest BCUT2D eigenvalue weighted by Gasteiger charge is -2.43. The lowest BCUT2D eigenvalue weighted by molar-refractivity contribution is -0.310. The van der Waals surface area contributed by atoms with E-state index in [2.05, 4.69) is 0 Å². The number of aliphatic hydroxyl groups excluding tert-OH is 1. The maximum Gasteiger partial charge on any atom is 0.321 e. The van der Waals surface area contributed by atoms with E-state index in [1.807, 2.05) is 30.3 Å². The van der Waals surface area contributed by atoms with Crippen LogP contribution in [0.25, 0.3) is 0 Å². The Labute approximate surface area is 211 Å². The van der Waals surface area contributed by atoms with Crippen LogP contribution in [0.5, 0.6) is 0 Å². The fourth-order valence-corrected chi connectivity index (χ4v) is 3.10. The molecule has 1 fully saturated rings. The molecule has 0 aromatic heterocycles. The number of aliphatic hydroxyl groups is 1. The van der Waals surface area contributed by atoms with Crippen molar-refractivity contribution in [2.45, 2.75) is 78.9 Å². The Balaban J connectivity index is 2.33. The van der Waals surface area contributed by atoms with Crippen LogP contribution in [0.2, 0.25) is 0 Å². The number of ether oxygens (including phenoxy) is 5. The van der Waals surface area contributed by atoms with E-state index in [-0.39, 0.29) is 13.2 Å². The third-order valence-electron chi connectivity index (χ3n) is 5.10. The van der Waals surface area contributed by atoms with Crippen molar-refractivity contribution in [1.82, 2.24) is 0 Å². The SMILES string of the molecule is CC(C)(C)C(=O)OC[C@H]1O[C@@H](OCc2ccccc2)[C@H](OC(=O)CCl)[C@@H](OC(=O)C(C)(C)C)[C@H]1O. The van der Waals surface area contributed by atoms with Crippen LogP contribution in [0, 0.1) is 10.8 Å². The summed E-state index contributed by atoms with van der Waals surface area (Å²) in [6.07, 6.45) is -6.53. The van der Waals surface area contributed by atoms with Crippen LogP contribution < -0.4 is 0 Å². The zero-order valence-electron chi connectivity index (χ0n) is 21.0. The van der Waals surface area contributed by atoms with E-state index in [4.69, 9.17) is 35.3 Å². The highest BCUT2D eigenvalue weighted by Gasteiger charge is 2.51. The average Bonchev–Trinajstić information content (AvgIpc) is 2.78. The summed E-state index contributed by atoms with van der Waals surface area (Å²) < 4.78 is 28.1. The quantitative estimate of drug-likeness (QED) is 0.317. The number of hydrogen-bond acceptors (Lipinski definition) is 9. The van der Waals surface area contributed by atoms with Crippen molar-refractivity contribution < 1.29 is 43.2 Å². The fourth-order valence-electron chi connectivity index (χ4n) is 3.03. The van der Waals surface area contributed by atoms with Gasteiger partial charge in [-0.1, -0.05) is 30.3 Å². The van der Waals surface area contributed by atoms with E-state index in [1.54, 1.807) is 41.5 Å². The van der Waals surface area contributed by atoms with Gasteiger partial charge in [0.25, 0.3) is 0 Å². The van der Waals surface area contributed by atoms with Gasteiger partial charge in [0, 0.05) is 0 Å². The first kappa shape index (κ1) is 29.0. The molecule has 0 bridgehead atoms. The summed E-state index contributed by atoms with van der Waals surface area (Å²) >= 11 is 5.63. The van der Waals surface area contributed by atoms with Crippen LogP contribution in [0.1, 0.15) is 47.1 Å². The Hall–Kier alpha value is -2.20. The van der Waals surface area contributed by atoms with Crippen molar-refractivity contribution >= 4 is 29.5 Å². The van der Waals surface area contributed by atoms with Gasteiger partial charge in [-0.3, -0.25) is 14.4 Å². The van der Waals surface area contributed by atoms with Gasteiger partial charge in [0.05, 0.1) is 17.4 Å². The van der Waals surface area contributed by atoms with Gasteiger partial charge in [-0.2, -0.15) is 0 Å². The van der Waals surface area contributed by atoms with E-state index < -0.39 is 65.3 Å². The Morgan fingerprint density at radius 3 is 2.09 bits per heavy atom. The van der Waals surface area contributed by atoms with Crippen molar-refractivity contribution in [1.29, 1.82) is 0 Å². The molecule has 0 unspecified atom stereocenters. The molecular formula is C25H35ClO9. The summed E-state index contributed by atoms with van der Waals surface area (Å²) in [5, 5.41) is 11.0. The van der Waals surface area contributed by atoms with Gasteiger partial charge in [-0.05, 0) is 47.1 Å². The molecule has 0 radical (unpaired) electrons. The van der Waals surface area contributed by atoms with Gasteiger partial charge in [0.2, 0.25) is 0 Å². The minimum Gasteiger partial charge on any atom is -0.462 e. The average molecular weight is 515 g/mol. The fraction of sp³-hybridized carbons (Fsp3) is 0.640. The van der Waals surface area contributed by atoms with Gasteiger partial charge >= 0.3 is 17.9 Å². The van der Waals surface area contributed by atoms with Gasteiger partial charge in [0.15, 0.2) is 18.5 Å². The molecule has 0 spiro atoms. The minimum atomic E-state index is -1.49. The highest BCUT2D eigenvalue weighted by Crippen LogP contribution is 2.30. The van der Waals surface area contributed by atoms with Crippen LogP contribution in [0.4, 0.5) is 0 Å². The number of halogens is 1. The molecule has 196 valence electrons. The normalized spacial score (nSPS) is 25.0. The van der Waals surface area contributed by atoms with Crippen molar-refractivity contribution in [3.05, 3.63) is 35.9 Å². The lowest BCUT2D eigenvalue weighted by Crippen LogP contribution is -2.62. The molecule has 1 aliphatic rings. The Bertz CT molecular complexity index is 860. The molecule has 2 rings (SSSR count). The molecule has 9 nitrogen and oxygen atoms in total. The number of esters is 3. The summed E-state index contributed by atoms with van der Waals surface area (Å²) in [6, 6.07) is 9.17. The summed E-state index contributed by atoms with van der Waals surface area (Å²) in [5.74, 6) is -2.42. The highest BCUT2D eigenvalue weighted by atomic mass is 35.5. The summed E-state index contributed by atoms with van der Waals surface area (Å²) in [5.41, 5.74) is -0.879. The first-order valence-corrected chi connectivity index (χ1v) is 11.9. The maximum atomic E-state index is 12.7. The number of benzene rings is 1. The van der Waals surface area contributed by atoms with Gasteiger partial charge in [-0.15, -0.1) is 11.6 Å². The smallest absolute Gasteiger partial charge is 0.321 e. The standard InChI is InChI=1S/C25H35ClO9/c1-24(2,3)22(29)32-14-16-18(28)19(35-23(30)25(4,5)6)20(34-17(27)12-26)21(33-16)31-13-15-10-8-7-9-11-15/h7-11,16,18-21,28H,12-14H2,1-6H3/t16-,18+,19+,20-,21-/m1/s1. The zero-order valence-corrected chi connectivity index (χ0v) is 21.7. The van der Waals surface area contributed by atoms with Gasteiger partial charge in [-0.25, -0.2) is 0 Å². The monoisotopic (exact) mass is 514 g/mol. The number of alkyl halides is 1. The highest BCUT2D eigenvalue weighted by molar-refractivity contribution is 6.26. The van der Waals surface area contributed by atoms with E-state index in [9.17, 15) is 19.5 Å². The van der Waals surface area contributed by atoms with E-state index in [0.717, 1.165) is 5.56 Å². The zero-order chi connectivity index (χ0) is 26.4. The van der Waals surface area contributed by atoms with Crippen LogP contribution in [0.15, 0.2) is 30.3 Å². The molecule has 1 N–H and O–H groups in total. The first-order chi connectivity index (χ1) is 16.2. The van der Waals surface area contributed by atoms with Crippen LogP contribution >= 0.6 is 11.6 Å². The van der Waals surface area contributed by atoms with E-state index in [1.165, 1.54) is 0 Å². The second-order valence-corrected chi connectivity index (χ2v) is 10.7. The van der Waals surface area contributed by atoms with Crippen LogP contribution in [-0.2, 0) is 44.7 Å². The largest absolute Gasteiger partial charge is 0.462 e. The van der Waals surface area contributed by atoms with E-state index >= 15 is 0 Å². The molecule has 1 aromatic carbocycles. The Kier molecular flexibility index (Phi) is 10.1. The number of carbonyl (C=O) groups is 3. The molecule has 1 saturated heterocycles. The topological polar surface area (TPSA) is 118 Å². The van der Waals surface area contributed by atoms with Crippen molar-refractivity contribution in [3.8, 4) is 0 Å². The second-order valence-electron chi connectivity index (χ2n) is 10.4. The lowest BCUT2D eigenvalue weighted by atomic mass is 9.95. The second kappa shape index (κ2) is 12.2.